The van der Waals surface area contributed by atoms with Gasteiger partial charge in [-0.15, -0.1) is 0 Å². The molecular weight excluding hydrogens is 596 g/mol. The topological polar surface area (TPSA) is 72.8 Å². The zero-order chi connectivity index (χ0) is 35.2. The van der Waals surface area contributed by atoms with Gasteiger partial charge in [-0.1, -0.05) is 213 Å². The van der Waals surface area contributed by atoms with Gasteiger partial charge in [-0.05, 0) is 18.8 Å². The molecule has 0 heterocycles. The van der Waals surface area contributed by atoms with Crippen molar-refractivity contribution in [3.63, 3.8) is 0 Å². The number of aliphatic hydroxyl groups excluding tert-OH is 1. The summed E-state index contributed by atoms with van der Waals surface area (Å²) in [5, 5.41) is 9.57. The van der Waals surface area contributed by atoms with Gasteiger partial charge in [0.25, 0.3) is 0 Å². The lowest BCUT2D eigenvalue weighted by atomic mass is 9.99. The van der Waals surface area contributed by atoms with Crippen LogP contribution >= 0.6 is 0 Å². The van der Waals surface area contributed by atoms with Crippen LogP contribution in [-0.4, -0.2) is 36.4 Å². The van der Waals surface area contributed by atoms with Crippen LogP contribution in [0.25, 0.3) is 0 Å². The molecule has 2 atom stereocenters. The fraction of sp³-hybridized carbons (Fsp3) is 0.953. The Bertz CT molecular complexity index is 666. The van der Waals surface area contributed by atoms with E-state index in [2.05, 4.69) is 20.8 Å². The maximum atomic E-state index is 12.2. The SMILES string of the molecule is CCCCCCCCCCCCCCCCCCC(=O)OC[C@H](CO)OC(=O)CCCCCCCCCCCCCCCCC(C)CC. The van der Waals surface area contributed by atoms with Gasteiger partial charge in [0.05, 0.1) is 6.61 Å². The van der Waals surface area contributed by atoms with Crippen LogP contribution < -0.4 is 0 Å². The van der Waals surface area contributed by atoms with Crippen molar-refractivity contribution in [3.8, 4) is 0 Å². The first kappa shape index (κ1) is 46.9. The van der Waals surface area contributed by atoms with E-state index in [0.29, 0.717) is 12.8 Å². The highest BCUT2D eigenvalue weighted by Gasteiger charge is 2.16. The molecule has 48 heavy (non-hydrogen) atoms. The standard InChI is InChI=1S/C43H84O5/c1-4-6-7-8-9-10-11-12-13-14-18-21-24-27-30-33-36-42(45)47-39-41(38-44)48-43(46)37-34-31-28-25-22-19-16-15-17-20-23-26-29-32-35-40(3)5-2/h40-41,44H,4-39H2,1-3H3/t40?,41-/m0/s1. The van der Waals surface area contributed by atoms with Crippen LogP contribution in [0, 0.1) is 5.92 Å². The molecule has 0 aliphatic heterocycles. The van der Waals surface area contributed by atoms with Crippen LogP contribution in [0.15, 0.2) is 0 Å². The van der Waals surface area contributed by atoms with Gasteiger partial charge in [-0.2, -0.15) is 0 Å². The molecule has 0 spiro atoms. The molecule has 0 fully saturated rings. The average Bonchev–Trinajstić information content (AvgIpc) is 3.09. The molecule has 0 bridgehead atoms. The molecule has 0 saturated carbocycles. The molecule has 0 aliphatic rings. The molecule has 0 aromatic heterocycles. The van der Waals surface area contributed by atoms with Crippen molar-refractivity contribution < 1.29 is 24.2 Å². The van der Waals surface area contributed by atoms with E-state index in [4.69, 9.17) is 9.47 Å². The van der Waals surface area contributed by atoms with Crippen molar-refractivity contribution >= 4 is 11.9 Å². The zero-order valence-corrected chi connectivity index (χ0v) is 32.7. The lowest BCUT2D eigenvalue weighted by molar-refractivity contribution is -0.161. The minimum atomic E-state index is -0.762. The second-order valence-corrected chi connectivity index (χ2v) is 15.0. The van der Waals surface area contributed by atoms with Crippen molar-refractivity contribution in [1.82, 2.24) is 0 Å². The van der Waals surface area contributed by atoms with Crippen LogP contribution in [0.5, 0.6) is 0 Å². The summed E-state index contributed by atoms with van der Waals surface area (Å²) in [7, 11) is 0. The Morgan fingerprint density at radius 2 is 0.812 bits per heavy atom. The molecule has 1 unspecified atom stereocenters. The normalized spacial score (nSPS) is 12.7. The second-order valence-electron chi connectivity index (χ2n) is 15.0. The molecule has 0 saturated heterocycles. The second kappa shape index (κ2) is 38.7. The Morgan fingerprint density at radius 1 is 0.479 bits per heavy atom. The van der Waals surface area contributed by atoms with E-state index in [1.807, 2.05) is 0 Å². The van der Waals surface area contributed by atoms with Gasteiger partial charge < -0.3 is 14.6 Å². The summed E-state index contributed by atoms with van der Waals surface area (Å²) >= 11 is 0. The van der Waals surface area contributed by atoms with Crippen molar-refractivity contribution in [2.75, 3.05) is 13.2 Å². The summed E-state index contributed by atoms with van der Waals surface area (Å²) in [5.74, 6) is 0.329. The number of carbonyl (C=O) groups excluding carboxylic acids is 2. The van der Waals surface area contributed by atoms with Crippen molar-refractivity contribution in [1.29, 1.82) is 0 Å². The van der Waals surface area contributed by atoms with Crippen LogP contribution in [0.1, 0.15) is 239 Å². The molecule has 0 aliphatic carbocycles. The van der Waals surface area contributed by atoms with E-state index in [0.717, 1.165) is 38.0 Å². The fourth-order valence-electron chi connectivity index (χ4n) is 6.53. The van der Waals surface area contributed by atoms with E-state index >= 15 is 0 Å². The Labute approximate surface area is 299 Å². The third kappa shape index (κ3) is 36.2. The molecule has 5 nitrogen and oxygen atoms in total. The number of rotatable bonds is 39. The summed E-state index contributed by atoms with van der Waals surface area (Å²) in [5.41, 5.74) is 0. The molecule has 286 valence electrons. The number of aliphatic hydroxyl groups is 1. The largest absolute Gasteiger partial charge is 0.462 e. The summed E-state index contributed by atoms with van der Waals surface area (Å²) in [6.45, 7) is 6.56. The summed E-state index contributed by atoms with van der Waals surface area (Å²) < 4.78 is 10.6. The minimum Gasteiger partial charge on any atom is -0.462 e. The number of unbranched alkanes of at least 4 members (excludes halogenated alkanes) is 28. The Morgan fingerprint density at radius 3 is 1.17 bits per heavy atom. The predicted octanol–water partition coefficient (Wildman–Crippen LogP) is 13.4. The molecule has 5 heteroatoms. The molecule has 0 rings (SSSR count). The van der Waals surface area contributed by atoms with Crippen molar-refractivity contribution in [2.45, 2.75) is 245 Å². The quantitative estimate of drug-likeness (QED) is 0.0517. The van der Waals surface area contributed by atoms with Gasteiger partial charge in [0, 0.05) is 12.8 Å². The van der Waals surface area contributed by atoms with Gasteiger partial charge in [-0.3, -0.25) is 9.59 Å². The van der Waals surface area contributed by atoms with Crippen LogP contribution in [0.2, 0.25) is 0 Å². The first-order chi connectivity index (χ1) is 23.5. The van der Waals surface area contributed by atoms with Gasteiger partial charge in [0.15, 0.2) is 6.10 Å². The van der Waals surface area contributed by atoms with Crippen molar-refractivity contribution in [3.05, 3.63) is 0 Å². The van der Waals surface area contributed by atoms with E-state index in [1.165, 1.54) is 173 Å². The van der Waals surface area contributed by atoms with E-state index in [1.54, 1.807) is 0 Å². The van der Waals surface area contributed by atoms with Gasteiger partial charge >= 0.3 is 11.9 Å². The summed E-state index contributed by atoms with van der Waals surface area (Å²) in [6.07, 6.45) is 41.6. The van der Waals surface area contributed by atoms with E-state index in [9.17, 15) is 14.7 Å². The Kier molecular flexibility index (Phi) is 37.8. The maximum Gasteiger partial charge on any atom is 0.306 e. The Hall–Kier alpha value is -1.10. The van der Waals surface area contributed by atoms with Crippen LogP contribution in [0.3, 0.4) is 0 Å². The average molecular weight is 681 g/mol. The molecule has 0 aromatic carbocycles. The number of hydrogen-bond donors (Lipinski definition) is 1. The summed E-state index contributed by atoms with van der Waals surface area (Å²) in [6, 6.07) is 0. The minimum absolute atomic E-state index is 0.0572. The van der Waals surface area contributed by atoms with Gasteiger partial charge in [0.1, 0.15) is 6.61 Å². The molecule has 0 aromatic rings. The third-order valence-electron chi connectivity index (χ3n) is 10.2. The van der Waals surface area contributed by atoms with Crippen LogP contribution in [0.4, 0.5) is 0 Å². The Balaban J connectivity index is 3.48. The van der Waals surface area contributed by atoms with E-state index < -0.39 is 6.10 Å². The molecule has 1 N–H and O–H groups in total. The van der Waals surface area contributed by atoms with Gasteiger partial charge in [0.2, 0.25) is 0 Å². The first-order valence-electron chi connectivity index (χ1n) is 21.5. The lowest BCUT2D eigenvalue weighted by Gasteiger charge is -2.15. The maximum absolute atomic E-state index is 12.2. The molecule has 0 radical (unpaired) electrons. The first-order valence-corrected chi connectivity index (χ1v) is 21.5. The third-order valence-corrected chi connectivity index (χ3v) is 10.2. The lowest BCUT2D eigenvalue weighted by Crippen LogP contribution is -2.28. The highest BCUT2D eigenvalue weighted by atomic mass is 16.6. The molecule has 0 amide bonds. The fourth-order valence-corrected chi connectivity index (χ4v) is 6.53. The number of carbonyl (C=O) groups is 2. The number of hydrogen-bond acceptors (Lipinski definition) is 5. The van der Waals surface area contributed by atoms with Crippen LogP contribution in [-0.2, 0) is 19.1 Å². The predicted molar refractivity (Wildman–Crippen MR) is 205 cm³/mol. The number of esters is 2. The van der Waals surface area contributed by atoms with Gasteiger partial charge in [-0.25, -0.2) is 0 Å². The highest BCUT2D eigenvalue weighted by molar-refractivity contribution is 5.70. The zero-order valence-electron chi connectivity index (χ0n) is 32.7. The smallest absolute Gasteiger partial charge is 0.306 e. The summed E-state index contributed by atoms with van der Waals surface area (Å²) in [4.78, 5) is 24.3. The number of ether oxygens (including phenoxy) is 2. The molecular formula is C43H84O5. The highest BCUT2D eigenvalue weighted by Crippen LogP contribution is 2.17. The van der Waals surface area contributed by atoms with Crippen molar-refractivity contribution in [2.24, 2.45) is 5.92 Å². The van der Waals surface area contributed by atoms with E-state index in [-0.39, 0.29) is 25.2 Å². The monoisotopic (exact) mass is 681 g/mol.